The van der Waals surface area contributed by atoms with E-state index in [1.807, 2.05) is 17.0 Å². The molecule has 2 aromatic carbocycles. The number of carbonyl (C=O) groups is 1. The van der Waals surface area contributed by atoms with Gasteiger partial charge in [-0.2, -0.15) is 0 Å². The van der Waals surface area contributed by atoms with E-state index in [2.05, 4.69) is 71.5 Å². The van der Waals surface area contributed by atoms with Crippen LogP contribution in [0.25, 0.3) is 10.9 Å². The van der Waals surface area contributed by atoms with Gasteiger partial charge in [0.25, 0.3) is 5.91 Å². The summed E-state index contributed by atoms with van der Waals surface area (Å²) in [6.07, 6.45) is 5.42. The van der Waals surface area contributed by atoms with Crippen LogP contribution in [-0.2, 0) is 6.54 Å². The Labute approximate surface area is 191 Å². The molecule has 1 aromatic heterocycles. The van der Waals surface area contributed by atoms with Crippen LogP contribution in [-0.4, -0.2) is 71.9 Å². The molecule has 2 fully saturated rings. The van der Waals surface area contributed by atoms with Gasteiger partial charge in [0.05, 0.1) is 0 Å². The number of nitrogens with one attached hydrogen (secondary N) is 1. The maximum atomic E-state index is 13.2. The fourth-order valence-electron chi connectivity index (χ4n) is 5.39. The number of aromatic nitrogens is 1. The summed E-state index contributed by atoms with van der Waals surface area (Å²) in [5.74, 6) is 0.717. The third-order valence-corrected chi connectivity index (χ3v) is 7.44. The molecule has 2 aliphatic heterocycles. The van der Waals surface area contributed by atoms with E-state index in [0.717, 1.165) is 56.6 Å². The van der Waals surface area contributed by atoms with E-state index in [0.29, 0.717) is 12.0 Å². The fourth-order valence-corrected chi connectivity index (χ4v) is 5.39. The number of hydrogen-bond acceptors (Lipinski definition) is 3. The molecule has 0 radical (unpaired) electrons. The van der Waals surface area contributed by atoms with Crippen molar-refractivity contribution in [1.29, 1.82) is 0 Å². The molecule has 32 heavy (non-hydrogen) atoms. The molecule has 0 aliphatic carbocycles. The zero-order valence-corrected chi connectivity index (χ0v) is 19.3. The topological polar surface area (TPSA) is 42.6 Å². The maximum Gasteiger partial charge on any atom is 0.253 e. The normalized spacial score (nSPS) is 20.5. The lowest BCUT2D eigenvalue weighted by Crippen LogP contribution is -2.37. The number of fused-ring (bicyclic) bond motifs is 1. The van der Waals surface area contributed by atoms with Gasteiger partial charge in [-0.1, -0.05) is 36.4 Å². The smallest absolute Gasteiger partial charge is 0.253 e. The first-order chi connectivity index (χ1) is 15.6. The van der Waals surface area contributed by atoms with E-state index < -0.39 is 0 Å². The highest BCUT2D eigenvalue weighted by molar-refractivity contribution is 5.98. The monoisotopic (exact) mass is 430 g/mol. The first-order valence-electron chi connectivity index (χ1n) is 11.9. The summed E-state index contributed by atoms with van der Waals surface area (Å²) in [5.41, 5.74) is 4.57. The Morgan fingerprint density at radius 3 is 2.53 bits per heavy atom. The average molecular weight is 431 g/mol. The number of nitrogens with zero attached hydrogens (tertiary/aromatic N) is 3. The van der Waals surface area contributed by atoms with Crippen molar-refractivity contribution < 1.29 is 4.79 Å². The Hall–Kier alpha value is -2.63. The van der Waals surface area contributed by atoms with Gasteiger partial charge >= 0.3 is 0 Å². The second-order valence-electron chi connectivity index (χ2n) is 9.69. The zero-order chi connectivity index (χ0) is 22.1. The standard InChI is InChI=1S/C27H34N4O/c1-29(2)24-12-13-30(19-24)18-23-17-28-26-16-22(8-9-25(23)26)27(32)31-14-10-21(11-15-31)20-6-4-3-5-7-20/h3-9,16-17,21,24,28H,10-15,18-19H2,1-2H3. The van der Waals surface area contributed by atoms with E-state index in [4.69, 9.17) is 0 Å². The van der Waals surface area contributed by atoms with Crippen molar-refractivity contribution in [3.63, 3.8) is 0 Å². The lowest BCUT2D eigenvalue weighted by molar-refractivity contribution is 0.0713. The fraction of sp³-hybridized carbons (Fsp3) is 0.444. The van der Waals surface area contributed by atoms with Crippen LogP contribution in [0.15, 0.2) is 54.7 Å². The molecule has 1 N–H and O–H groups in total. The molecule has 1 unspecified atom stereocenters. The van der Waals surface area contributed by atoms with Crippen LogP contribution >= 0.6 is 0 Å². The quantitative estimate of drug-likeness (QED) is 0.655. The number of carbonyl (C=O) groups excluding carboxylic acids is 1. The first kappa shape index (κ1) is 21.2. The number of hydrogen-bond donors (Lipinski definition) is 1. The van der Waals surface area contributed by atoms with Crippen molar-refractivity contribution >= 4 is 16.8 Å². The predicted octanol–water partition coefficient (Wildman–Crippen LogP) is 4.32. The predicted molar refractivity (Wildman–Crippen MR) is 130 cm³/mol. The lowest BCUT2D eigenvalue weighted by Gasteiger charge is -2.32. The van der Waals surface area contributed by atoms with Gasteiger partial charge in [0.15, 0.2) is 0 Å². The Balaban J connectivity index is 1.23. The van der Waals surface area contributed by atoms with Gasteiger partial charge in [0.1, 0.15) is 0 Å². The first-order valence-corrected chi connectivity index (χ1v) is 11.9. The Morgan fingerprint density at radius 1 is 1.03 bits per heavy atom. The molecule has 1 amide bonds. The van der Waals surface area contributed by atoms with Crippen LogP contribution in [0.3, 0.4) is 0 Å². The third-order valence-electron chi connectivity index (χ3n) is 7.44. The molecule has 2 saturated heterocycles. The van der Waals surface area contributed by atoms with E-state index in [9.17, 15) is 4.79 Å². The number of rotatable bonds is 5. The van der Waals surface area contributed by atoms with Crippen LogP contribution in [0.5, 0.6) is 0 Å². The van der Waals surface area contributed by atoms with E-state index in [-0.39, 0.29) is 5.91 Å². The molecular weight excluding hydrogens is 396 g/mol. The summed E-state index contributed by atoms with van der Waals surface area (Å²) in [4.78, 5) is 23.5. The molecule has 5 rings (SSSR count). The Bertz CT molecular complexity index is 1070. The molecule has 3 aromatic rings. The molecule has 3 heterocycles. The van der Waals surface area contributed by atoms with Crippen molar-refractivity contribution in [2.24, 2.45) is 0 Å². The van der Waals surface area contributed by atoms with Crippen LogP contribution in [0.4, 0.5) is 0 Å². The number of likely N-dealkylation sites (tertiary alicyclic amines) is 2. The summed E-state index contributed by atoms with van der Waals surface area (Å²) >= 11 is 0. The second-order valence-corrected chi connectivity index (χ2v) is 9.69. The lowest BCUT2D eigenvalue weighted by atomic mass is 9.89. The summed E-state index contributed by atoms with van der Waals surface area (Å²) in [5, 5.41) is 1.23. The molecule has 0 spiro atoms. The summed E-state index contributed by atoms with van der Waals surface area (Å²) < 4.78 is 0. The van der Waals surface area contributed by atoms with Gasteiger partial charge < -0.3 is 14.8 Å². The minimum atomic E-state index is 0.155. The SMILES string of the molecule is CN(C)C1CCN(Cc2c[nH]c3cc(C(=O)N4CCC(c5ccccc5)CC4)ccc23)C1. The number of likely N-dealkylation sites (N-methyl/N-ethyl adjacent to an activating group) is 1. The van der Waals surface area contributed by atoms with Crippen LogP contribution in [0.2, 0.25) is 0 Å². The minimum Gasteiger partial charge on any atom is -0.361 e. The summed E-state index contributed by atoms with van der Waals surface area (Å²) in [6, 6.07) is 17.5. The third kappa shape index (κ3) is 4.32. The average Bonchev–Trinajstić information content (AvgIpc) is 3.47. The summed E-state index contributed by atoms with van der Waals surface area (Å²) in [6.45, 7) is 4.88. The Kier molecular flexibility index (Phi) is 6.03. The van der Waals surface area contributed by atoms with Crippen molar-refractivity contribution in [2.45, 2.75) is 37.8 Å². The molecule has 0 bridgehead atoms. The van der Waals surface area contributed by atoms with Crippen molar-refractivity contribution in [3.05, 3.63) is 71.4 Å². The van der Waals surface area contributed by atoms with Crippen LogP contribution in [0, 0.1) is 0 Å². The van der Waals surface area contributed by atoms with Crippen molar-refractivity contribution in [1.82, 2.24) is 19.7 Å². The molecule has 1 atom stereocenters. The van der Waals surface area contributed by atoms with E-state index >= 15 is 0 Å². The van der Waals surface area contributed by atoms with E-state index in [1.54, 1.807) is 0 Å². The molecule has 0 saturated carbocycles. The van der Waals surface area contributed by atoms with Gasteiger partial charge in [0.2, 0.25) is 0 Å². The van der Waals surface area contributed by atoms with Gasteiger partial charge in [-0.25, -0.2) is 0 Å². The maximum absolute atomic E-state index is 13.2. The highest BCUT2D eigenvalue weighted by atomic mass is 16.2. The number of benzene rings is 2. The van der Waals surface area contributed by atoms with Gasteiger partial charge in [-0.15, -0.1) is 0 Å². The van der Waals surface area contributed by atoms with Gasteiger partial charge in [-0.05, 0) is 62.5 Å². The highest BCUT2D eigenvalue weighted by Gasteiger charge is 2.26. The van der Waals surface area contributed by atoms with Crippen molar-refractivity contribution in [3.8, 4) is 0 Å². The van der Waals surface area contributed by atoms with Crippen molar-refractivity contribution in [2.75, 3.05) is 40.3 Å². The minimum absolute atomic E-state index is 0.155. The van der Waals surface area contributed by atoms with Crippen LogP contribution < -0.4 is 0 Å². The largest absolute Gasteiger partial charge is 0.361 e. The Morgan fingerprint density at radius 2 is 1.81 bits per heavy atom. The number of amides is 1. The number of H-pyrrole nitrogens is 1. The molecule has 168 valence electrons. The highest BCUT2D eigenvalue weighted by Crippen LogP contribution is 2.29. The molecule has 5 nitrogen and oxygen atoms in total. The molecular formula is C27H34N4O. The van der Waals surface area contributed by atoms with Crippen LogP contribution in [0.1, 0.15) is 46.7 Å². The summed E-state index contributed by atoms with van der Waals surface area (Å²) in [7, 11) is 4.34. The second kappa shape index (κ2) is 9.08. The zero-order valence-electron chi connectivity index (χ0n) is 19.3. The van der Waals surface area contributed by atoms with E-state index in [1.165, 1.54) is 22.9 Å². The van der Waals surface area contributed by atoms with Gasteiger partial charge in [0, 0.05) is 61.4 Å². The van der Waals surface area contributed by atoms with Gasteiger partial charge in [-0.3, -0.25) is 9.69 Å². The number of aromatic amines is 1. The molecule has 5 heteroatoms. The number of piperidine rings is 1. The molecule has 2 aliphatic rings.